The Bertz CT molecular complexity index is 887. The molecule has 1 fully saturated rings. The van der Waals surface area contributed by atoms with E-state index in [1.54, 1.807) is 12.1 Å². The molecular formula is C22H24BrFN2O2. The number of halogens is 2. The normalized spacial score (nSPS) is 25.2. The molecule has 0 saturated carbocycles. The summed E-state index contributed by atoms with van der Waals surface area (Å²) in [5.41, 5.74) is 2.45. The number of allylic oxidation sites excluding steroid dienone is 3. The second kappa shape index (κ2) is 7.82. The zero-order chi connectivity index (χ0) is 19.8. The highest BCUT2D eigenvalue weighted by molar-refractivity contribution is 9.10. The van der Waals surface area contributed by atoms with Gasteiger partial charge in [0.2, 0.25) is 0 Å². The number of rotatable bonds is 2. The van der Waals surface area contributed by atoms with Gasteiger partial charge in [-0.1, -0.05) is 22.0 Å². The smallest absolute Gasteiger partial charge is 0.252 e. The molecule has 1 saturated heterocycles. The molecule has 6 heteroatoms. The summed E-state index contributed by atoms with van der Waals surface area (Å²) in [6, 6.07) is 4.75. The molecule has 0 radical (unpaired) electrons. The Kier molecular flexibility index (Phi) is 5.41. The second-order valence-corrected chi connectivity index (χ2v) is 8.72. The highest BCUT2D eigenvalue weighted by Gasteiger charge is 2.44. The molecule has 2 aliphatic heterocycles. The quantitative estimate of drug-likeness (QED) is 0.730. The van der Waals surface area contributed by atoms with E-state index in [4.69, 9.17) is 0 Å². The van der Waals surface area contributed by atoms with E-state index in [1.165, 1.54) is 6.07 Å². The van der Waals surface area contributed by atoms with Gasteiger partial charge in [-0.3, -0.25) is 9.59 Å². The molecule has 4 rings (SSSR count). The lowest BCUT2D eigenvalue weighted by Gasteiger charge is -2.40. The Morgan fingerprint density at radius 3 is 2.71 bits per heavy atom. The Hall–Kier alpha value is -1.95. The van der Waals surface area contributed by atoms with Gasteiger partial charge in [-0.2, -0.15) is 0 Å². The topological polar surface area (TPSA) is 49.4 Å². The summed E-state index contributed by atoms with van der Waals surface area (Å²) in [6.45, 7) is 3.28. The van der Waals surface area contributed by atoms with Crippen LogP contribution in [-0.4, -0.2) is 29.7 Å². The van der Waals surface area contributed by atoms with E-state index in [9.17, 15) is 14.0 Å². The van der Waals surface area contributed by atoms with Crippen molar-refractivity contribution in [3.8, 4) is 0 Å². The lowest BCUT2D eigenvalue weighted by Crippen LogP contribution is -2.45. The minimum Gasteiger partial charge on any atom is -0.362 e. The number of hydrogen-bond acceptors (Lipinski definition) is 3. The summed E-state index contributed by atoms with van der Waals surface area (Å²) in [5, 5.41) is 3.29. The number of fused-ring (bicyclic) bond motifs is 1. The van der Waals surface area contributed by atoms with Crippen molar-refractivity contribution in [1.82, 2.24) is 10.2 Å². The number of carbonyl (C=O) groups is 2. The molecule has 148 valence electrons. The van der Waals surface area contributed by atoms with E-state index in [0.29, 0.717) is 37.1 Å². The highest BCUT2D eigenvalue weighted by Crippen LogP contribution is 2.45. The first-order chi connectivity index (χ1) is 13.5. The Labute approximate surface area is 173 Å². The Balaban J connectivity index is 1.86. The number of Topliss-reactive ketones (excluding diaryl/α,β-unsaturated/α-hetero) is 1. The van der Waals surface area contributed by atoms with Crippen LogP contribution in [0.5, 0.6) is 0 Å². The minimum absolute atomic E-state index is 0.0609. The Morgan fingerprint density at radius 2 is 1.96 bits per heavy atom. The van der Waals surface area contributed by atoms with Crippen molar-refractivity contribution in [2.45, 2.75) is 44.9 Å². The van der Waals surface area contributed by atoms with Crippen molar-refractivity contribution >= 4 is 27.6 Å². The monoisotopic (exact) mass is 446 g/mol. The summed E-state index contributed by atoms with van der Waals surface area (Å²) in [5.74, 6) is -1.54. The molecule has 1 amide bonds. The molecule has 1 N–H and O–H groups in total. The van der Waals surface area contributed by atoms with Gasteiger partial charge in [-0.25, -0.2) is 4.39 Å². The molecule has 2 heterocycles. The minimum atomic E-state index is -0.604. The number of benzene rings is 1. The van der Waals surface area contributed by atoms with Crippen LogP contribution in [0, 0.1) is 11.7 Å². The van der Waals surface area contributed by atoms with Crippen molar-refractivity contribution in [2.75, 3.05) is 13.1 Å². The van der Waals surface area contributed by atoms with Crippen molar-refractivity contribution in [3.63, 3.8) is 0 Å². The third kappa shape index (κ3) is 3.43. The molecule has 1 aromatic carbocycles. The van der Waals surface area contributed by atoms with Crippen LogP contribution < -0.4 is 5.32 Å². The van der Waals surface area contributed by atoms with E-state index in [0.717, 1.165) is 35.1 Å². The molecule has 2 atom stereocenters. The summed E-state index contributed by atoms with van der Waals surface area (Å²) in [4.78, 5) is 28.2. The molecule has 0 aromatic heterocycles. The maximum atomic E-state index is 14.9. The number of nitrogens with zero attached hydrogens (tertiary/aromatic N) is 1. The summed E-state index contributed by atoms with van der Waals surface area (Å²) < 4.78 is 15.7. The fraction of sp³-hybridized carbons (Fsp3) is 0.455. The van der Waals surface area contributed by atoms with Gasteiger partial charge >= 0.3 is 0 Å². The first-order valence-corrected chi connectivity index (χ1v) is 10.7. The zero-order valence-corrected chi connectivity index (χ0v) is 17.5. The molecule has 3 aliphatic rings. The third-order valence-electron chi connectivity index (χ3n) is 5.98. The summed E-state index contributed by atoms with van der Waals surface area (Å²) in [7, 11) is 0. The molecule has 0 bridgehead atoms. The van der Waals surface area contributed by atoms with Crippen LogP contribution >= 0.6 is 15.9 Å². The lowest BCUT2D eigenvalue weighted by molar-refractivity contribution is -0.129. The Morgan fingerprint density at radius 1 is 1.21 bits per heavy atom. The van der Waals surface area contributed by atoms with Crippen LogP contribution in [-0.2, 0) is 9.59 Å². The van der Waals surface area contributed by atoms with Crippen LogP contribution in [0.15, 0.2) is 45.7 Å². The molecule has 28 heavy (non-hydrogen) atoms. The SMILES string of the molecule is CC1=C(C(=O)N2CCCCC2)C(c2cc(Br)ccc2F)C2C(=O)CCC=C2N1. The van der Waals surface area contributed by atoms with Crippen molar-refractivity contribution in [1.29, 1.82) is 0 Å². The molecule has 1 aliphatic carbocycles. The molecule has 0 spiro atoms. The van der Waals surface area contributed by atoms with Gasteiger partial charge in [-0.15, -0.1) is 0 Å². The molecular weight excluding hydrogens is 423 g/mol. The number of piperidine rings is 1. The van der Waals surface area contributed by atoms with Crippen molar-refractivity contribution in [3.05, 3.63) is 57.1 Å². The summed E-state index contributed by atoms with van der Waals surface area (Å²) in [6.07, 6.45) is 6.20. The first-order valence-electron chi connectivity index (χ1n) is 9.92. The van der Waals surface area contributed by atoms with Crippen LogP contribution in [0.3, 0.4) is 0 Å². The van der Waals surface area contributed by atoms with E-state index in [1.807, 2.05) is 17.9 Å². The van der Waals surface area contributed by atoms with Gasteiger partial charge in [0.1, 0.15) is 11.6 Å². The van der Waals surface area contributed by atoms with Crippen LogP contribution in [0.25, 0.3) is 0 Å². The van der Waals surface area contributed by atoms with Crippen molar-refractivity contribution < 1.29 is 14.0 Å². The largest absolute Gasteiger partial charge is 0.362 e. The standard InChI is InChI=1S/C22H24BrFN2O2/c1-13-19(22(28)26-10-3-2-4-11-26)20(15-12-14(23)8-9-16(15)24)21-17(25-13)6-5-7-18(21)27/h6,8-9,12,20-21,25H,2-5,7,10-11H2,1H3. The summed E-state index contributed by atoms with van der Waals surface area (Å²) >= 11 is 3.42. The van der Waals surface area contributed by atoms with Gasteiger partial charge in [0.15, 0.2) is 0 Å². The second-order valence-electron chi connectivity index (χ2n) is 7.80. The van der Waals surface area contributed by atoms with Crippen LogP contribution in [0.4, 0.5) is 4.39 Å². The average Bonchev–Trinajstić information content (AvgIpc) is 2.69. The predicted molar refractivity (Wildman–Crippen MR) is 109 cm³/mol. The number of nitrogens with one attached hydrogen (secondary N) is 1. The fourth-order valence-corrected chi connectivity index (χ4v) is 5.03. The van der Waals surface area contributed by atoms with E-state index >= 15 is 0 Å². The number of amides is 1. The average molecular weight is 447 g/mol. The molecule has 2 unspecified atom stereocenters. The van der Waals surface area contributed by atoms with Crippen molar-refractivity contribution in [2.24, 2.45) is 5.92 Å². The van der Waals surface area contributed by atoms with Gasteiger partial charge in [-0.05, 0) is 56.4 Å². The molecule has 1 aromatic rings. The van der Waals surface area contributed by atoms with Crippen LogP contribution in [0.1, 0.15) is 50.5 Å². The van der Waals surface area contributed by atoms with Gasteiger partial charge in [0.25, 0.3) is 5.91 Å². The van der Waals surface area contributed by atoms with E-state index < -0.39 is 11.8 Å². The first kappa shape index (κ1) is 19.4. The van der Waals surface area contributed by atoms with E-state index in [2.05, 4.69) is 21.2 Å². The lowest BCUT2D eigenvalue weighted by atomic mass is 9.70. The maximum absolute atomic E-state index is 14.9. The number of carbonyl (C=O) groups excluding carboxylic acids is 2. The van der Waals surface area contributed by atoms with Gasteiger partial charge < -0.3 is 10.2 Å². The predicted octanol–water partition coefficient (Wildman–Crippen LogP) is 4.42. The molecule has 4 nitrogen and oxygen atoms in total. The van der Waals surface area contributed by atoms with Crippen LogP contribution in [0.2, 0.25) is 0 Å². The maximum Gasteiger partial charge on any atom is 0.252 e. The van der Waals surface area contributed by atoms with E-state index in [-0.39, 0.29) is 17.5 Å². The van der Waals surface area contributed by atoms with Gasteiger partial charge in [0, 0.05) is 46.9 Å². The third-order valence-corrected chi connectivity index (χ3v) is 6.48. The number of ketones is 1. The highest BCUT2D eigenvalue weighted by atomic mass is 79.9. The zero-order valence-electron chi connectivity index (χ0n) is 15.9. The number of likely N-dealkylation sites (tertiary alicyclic amines) is 1. The number of hydrogen-bond donors (Lipinski definition) is 1. The fourth-order valence-electron chi connectivity index (χ4n) is 4.65. The van der Waals surface area contributed by atoms with Gasteiger partial charge in [0.05, 0.1) is 5.92 Å².